The van der Waals surface area contributed by atoms with Crippen molar-refractivity contribution in [3.63, 3.8) is 0 Å². The molecule has 1 aliphatic rings. The Morgan fingerprint density at radius 3 is 2.15 bits per heavy atom. The van der Waals surface area contributed by atoms with Crippen molar-refractivity contribution in [3.05, 3.63) is 132 Å². The molecule has 0 N–H and O–H groups in total. The Balaban J connectivity index is 1.45. The quantitative estimate of drug-likeness (QED) is 0.222. The fraction of sp³-hybridized carbons (Fsp3) is 0.0811. The molecule has 1 aromatic heterocycles. The lowest BCUT2D eigenvalue weighted by molar-refractivity contribution is 0.661. The second kappa shape index (κ2) is 8.09. The van der Waals surface area contributed by atoms with Gasteiger partial charge in [-0.15, -0.1) is 0 Å². The average molecular weight is 499 g/mol. The van der Waals surface area contributed by atoms with Crippen molar-refractivity contribution in [2.24, 2.45) is 0 Å². The third kappa shape index (κ3) is 3.15. The maximum absolute atomic E-state index is 5.30. The summed E-state index contributed by atoms with van der Waals surface area (Å²) in [4.78, 5) is 10.5. The molecule has 184 valence electrons. The number of fused-ring (bicyclic) bond motifs is 8. The summed E-state index contributed by atoms with van der Waals surface area (Å²) >= 11 is 0. The Morgan fingerprint density at radius 2 is 1.26 bits per heavy atom. The summed E-state index contributed by atoms with van der Waals surface area (Å²) in [6.45, 7) is 4.66. The molecule has 1 heterocycles. The van der Waals surface area contributed by atoms with Gasteiger partial charge < -0.3 is 0 Å². The van der Waals surface area contributed by atoms with Gasteiger partial charge in [0.25, 0.3) is 0 Å². The van der Waals surface area contributed by atoms with Gasteiger partial charge in [0, 0.05) is 21.9 Å². The minimum Gasteiger partial charge on any atom is -0.228 e. The third-order valence-electron chi connectivity index (χ3n) is 8.48. The van der Waals surface area contributed by atoms with Gasteiger partial charge in [0.05, 0.1) is 11.2 Å². The molecule has 0 aliphatic heterocycles. The number of benzene rings is 6. The van der Waals surface area contributed by atoms with Gasteiger partial charge in [0.15, 0.2) is 5.82 Å². The SMILES string of the molecule is CC1(C)c2ccccc2-c2c1ccc1c(-c3nc(-c4ccccc4)c4c(ccc5ccccc54)n3)cccc21. The fourth-order valence-corrected chi connectivity index (χ4v) is 6.58. The van der Waals surface area contributed by atoms with E-state index in [1.54, 1.807) is 0 Å². The fourth-order valence-electron chi connectivity index (χ4n) is 6.58. The molecule has 7 aromatic rings. The normalized spacial score (nSPS) is 13.6. The molecule has 8 rings (SSSR count). The van der Waals surface area contributed by atoms with Gasteiger partial charge in [0.2, 0.25) is 0 Å². The summed E-state index contributed by atoms with van der Waals surface area (Å²) in [5.41, 5.74) is 9.49. The van der Waals surface area contributed by atoms with Crippen LogP contribution in [-0.4, -0.2) is 9.97 Å². The van der Waals surface area contributed by atoms with Gasteiger partial charge in [-0.05, 0) is 49.9 Å². The summed E-state index contributed by atoms with van der Waals surface area (Å²) in [6, 6.07) is 43.3. The molecule has 0 saturated carbocycles. The average Bonchev–Trinajstić information content (AvgIpc) is 3.23. The van der Waals surface area contributed by atoms with Crippen LogP contribution in [0.3, 0.4) is 0 Å². The molecule has 6 aromatic carbocycles. The van der Waals surface area contributed by atoms with Gasteiger partial charge in [0.1, 0.15) is 0 Å². The molecule has 0 spiro atoms. The van der Waals surface area contributed by atoms with Crippen LogP contribution in [0, 0.1) is 0 Å². The Labute approximate surface area is 227 Å². The van der Waals surface area contributed by atoms with Crippen molar-refractivity contribution in [2.75, 3.05) is 0 Å². The molecule has 0 amide bonds. The molecular weight excluding hydrogens is 472 g/mol. The van der Waals surface area contributed by atoms with E-state index in [-0.39, 0.29) is 5.41 Å². The smallest absolute Gasteiger partial charge is 0.161 e. The lowest BCUT2D eigenvalue weighted by atomic mass is 9.82. The van der Waals surface area contributed by atoms with Gasteiger partial charge in [-0.1, -0.05) is 129 Å². The Hall–Kier alpha value is -4.82. The van der Waals surface area contributed by atoms with E-state index in [9.17, 15) is 0 Å². The highest BCUT2D eigenvalue weighted by Crippen LogP contribution is 2.51. The molecule has 0 fully saturated rings. The Bertz CT molecular complexity index is 2090. The maximum Gasteiger partial charge on any atom is 0.161 e. The third-order valence-corrected chi connectivity index (χ3v) is 8.48. The topological polar surface area (TPSA) is 25.8 Å². The van der Waals surface area contributed by atoms with Gasteiger partial charge in [-0.2, -0.15) is 0 Å². The van der Waals surface area contributed by atoms with E-state index < -0.39 is 0 Å². The van der Waals surface area contributed by atoms with Crippen molar-refractivity contribution < 1.29 is 0 Å². The summed E-state index contributed by atoms with van der Waals surface area (Å²) in [7, 11) is 0. The minimum absolute atomic E-state index is 0.0306. The predicted molar refractivity (Wildman–Crippen MR) is 163 cm³/mol. The molecule has 2 heteroatoms. The van der Waals surface area contributed by atoms with Crippen molar-refractivity contribution >= 4 is 32.4 Å². The zero-order valence-corrected chi connectivity index (χ0v) is 21.9. The van der Waals surface area contributed by atoms with Crippen LogP contribution in [0.2, 0.25) is 0 Å². The number of nitrogens with zero attached hydrogens (tertiary/aromatic N) is 2. The highest BCUT2D eigenvalue weighted by Gasteiger charge is 2.36. The second-order valence-corrected chi connectivity index (χ2v) is 11.0. The number of hydrogen-bond donors (Lipinski definition) is 0. The summed E-state index contributed by atoms with van der Waals surface area (Å²) in [6.07, 6.45) is 0. The Kier molecular flexibility index (Phi) is 4.60. The highest BCUT2D eigenvalue weighted by atomic mass is 14.9. The molecule has 39 heavy (non-hydrogen) atoms. The van der Waals surface area contributed by atoms with Crippen LogP contribution in [0.15, 0.2) is 121 Å². The summed E-state index contributed by atoms with van der Waals surface area (Å²) in [5.74, 6) is 0.757. The standard InChI is InChI=1S/C37H26N2/c1-37(2)30-18-9-8-15-29(30)33-27-16-10-17-28(26(27)20-21-31(33)37)36-38-32-22-19-23-11-6-7-14-25(23)34(32)35(39-36)24-12-4-3-5-13-24/h3-22H,1-2H3. The van der Waals surface area contributed by atoms with Gasteiger partial charge in [-0.25, -0.2) is 9.97 Å². The van der Waals surface area contributed by atoms with E-state index in [4.69, 9.17) is 9.97 Å². The molecule has 2 nitrogen and oxygen atoms in total. The van der Waals surface area contributed by atoms with Crippen molar-refractivity contribution in [1.29, 1.82) is 0 Å². The van der Waals surface area contributed by atoms with Crippen molar-refractivity contribution in [2.45, 2.75) is 19.3 Å². The second-order valence-electron chi connectivity index (χ2n) is 11.0. The predicted octanol–water partition coefficient (Wildman–Crippen LogP) is 9.58. The summed E-state index contributed by atoms with van der Waals surface area (Å²) < 4.78 is 0. The Morgan fingerprint density at radius 1 is 0.513 bits per heavy atom. The molecular formula is C37H26N2. The van der Waals surface area contributed by atoms with E-state index in [1.165, 1.54) is 43.8 Å². The lowest BCUT2D eigenvalue weighted by Gasteiger charge is -2.21. The van der Waals surface area contributed by atoms with Gasteiger partial charge in [-0.3, -0.25) is 0 Å². The van der Waals surface area contributed by atoms with Crippen molar-refractivity contribution in [1.82, 2.24) is 9.97 Å². The van der Waals surface area contributed by atoms with Crippen LogP contribution in [0.25, 0.3) is 66.2 Å². The summed E-state index contributed by atoms with van der Waals surface area (Å²) in [5, 5.41) is 5.91. The molecule has 0 unspecified atom stereocenters. The largest absolute Gasteiger partial charge is 0.228 e. The number of hydrogen-bond acceptors (Lipinski definition) is 2. The van der Waals surface area contributed by atoms with E-state index in [0.29, 0.717) is 0 Å². The number of aromatic nitrogens is 2. The van der Waals surface area contributed by atoms with Crippen LogP contribution in [0.5, 0.6) is 0 Å². The molecule has 0 saturated heterocycles. The molecule has 0 bridgehead atoms. The number of rotatable bonds is 2. The highest BCUT2D eigenvalue weighted by molar-refractivity contribution is 6.13. The molecule has 0 radical (unpaired) electrons. The first-order valence-electron chi connectivity index (χ1n) is 13.5. The first-order valence-corrected chi connectivity index (χ1v) is 13.5. The zero-order valence-electron chi connectivity index (χ0n) is 21.9. The van der Waals surface area contributed by atoms with Crippen molar-refractivity contribution in [3.8, 4) is 33.8 Å². The lowest BCUT2D eigenvalue weighted by Crippen LogP contribution is -2.14. The first kappa shape index (κ1) is 22.2. The van der Waals surface area contributed by atoms with E-state index >= 15 is 0 Å². The first-order chi connectivity index (χ1) is 19.1. The van der Waals surface area contributed by atoms with Gasteiger partial charge >= 0.3 is 0 Å². The van der Waals surface area contributed by atoms with Crippen LogP contribution in [-0.2, 0) is 5.41 Å². The molecule has 1 aliphatic carbocycles. The van der Waals surface area contributed by atoms with E-state index in [1.807, 2.05) is 0 Å². The van der Waals surface area contributed by atoms with E-state index in [2.05, 4.69) is 135 Å². The maximum atomic E-state index is 5.30. The van der Waals surface area contributed by atoms with E-state index in [0.717, 1.165) is 33.5 Å². The minimum atomic E-state index is -0.0306. The monoisotopic (exact) mass is 498 g/mol. The van der Waals surface area contributed by atoms with Crippen LogP contribution in [0.4, 0.5) is 0 Å². The van der Waals surface area contributed by atoms with Crippen LogP contribution >= 0.6 is 0 Å². The van der Waals surface area contributed by atoms with Crippen LogP contribution < -0.4 is 0 Å². The van der Waals surface area contributed by atoms with Crippen LogP contribution in [0.1, 0.15) is 25.0 Å². The zero-order chi connectivity index (χ0) is 26.1. The molecule has 0 atom stereocenters.